The van der Waals surface area contributed by atoms with Crippen LogP contribution in [0.15, 0.2) is 48.0 Å². The lowest BCUT2D eigenvalue weighted by Gasteiger charge is -2.25. The van der Waals surface area contributed by atoms with Gasteiger partial charge in [-0.15, -0.1) is 0 Å². The maximum absolute atomic E-state index is 14.7. The van der Waals surface area contributed by atoms with Gasteiger partial charge in [0.25, 0.3) is 0 Å². The summed E-state index contributed by atoms with van der Waals surface area (Å²) >= 11 is 0. The smallest absolute Gasteiger partial charge is 0.178 e. The summed E-state index contributed by atoms with van der Waals surface area (Å²) in [6, 6.07) is 4.13. The molecule has 1 fully saturated rings. The van der Waals surface area contributed by atoms with Crippen LogP contribution in [0.1, 0.15) is 39.0 Å². The van der Waals surface area contributed by atoms with E-state index in [2.05, 4.69) is 15.1 Å². The summed E-state index contributed by atoms with van der Waals surface area (Å²) in [5.41, 5.74) is 7.33. The topological polar surface area (TPSA) is 113 Å². The van der Waals surface area contributed by atoms with Gasteiger partial charge >= 0.3 is 0 Å². The van der Waals surface area contributed by atoms with E-state index in [1.54, 1.807) is 18.6 Å². The van der Waals surface area contributed by atoms with Crippen molar-refractivity contribution in [3.05, 3.63) is 48.9 Å². The lowest BCUT2D eigenvalue weighted by molar-refractivity contribution is 0.237. The first-order valence-electron chi connectivity index (χ1n) is 11.1. The molecule has 1 aliphatic carbocycles. The van der Waals surface area contributed by atoms with Crippen molar-refractivity contribution < 1.29 is 17.5 Å². The molecular formula is C23H28FN5O3S. The van der Waals surface area contributed by atoms with E-state index < -0.39 is 15.7 Å². The summed E-state index contributed by atoms with van der Waals surface area (Å²) in [5.74, 6) is 0.380. The van der Waals surface area contributed by atoms with Gasteiger partial charge in [0.1, 0.15) is 23.5 Å². The molecule has 0 bridgehead atoms. The van der Waals surface area contributed by atoms with Gasteiger partial charge in [-0.3, -0.25) is 0 Å². The third-order valence-corrected chi connectivity index (χ3v) is 7.85. The lowest BCUT2D eigenvalue weighted by atomic mass is 9.85. The fourth-order valence-electron chi connectivity index (χ4n) is 4.06. The van der Waals surface area contributed by atoms with E-state index in [1.807, 2.05) is 0 Å². The lowest BCUT2D eigenvalue weighted by Crippen LogP contribution is -2.27. The number of nitrogens with two attached hydrogens (primary N) is 1. The van der Waals surface area contributed by atoms with Gasteiger partial charge in [0.2, 0.25) is 0 Å². The molecule has 0 unspecified atom stereocenters. The van der Waals surface area contributed by atoms with Crippen LogP contribution >= 0.6 is 0 Å². The Balaban J connectivity index is 1.49. The number of hydrogen-bond donors (Lipinski definition) is 1. The van der Waals surface area contributed by atoms with E-state index >= 15 is 0 Å². The number of halogens is 1. The molecule has 4 rings (SSSR count). The average Bonchev–Trinajstić information content (AvgIpc) is 3.30. The van der Waals surface area contributed by atoms with Crippen LogP contribution in [0.5, 0.6) is 5.75 Å². The number of hydrogen-bond acceptors (Lipinski definition) is 7. The number of nitrogens with zero attached hydrogens (tertiary/aromatic N) is 4. The molecule has 0 saturated heterocycles. The normalized spacial score (nSPS) is 18.9. The molecule has 2 N–H and O–H groups in total. The Morgan fingerprint density at radius 1 is 1.21 bits per heavy atom. The molecule has 33 heavy (non-hydrogen) atoms. The van der Waals surface area contributed by atoms with Gasteiger partial charge in [-0.25, -0.2) is 27.5 Å². The molecule has 0 spiro atoms. The average molecular weight is 474 g/mol. The molecular weight excluding hydrogens is 445 g/mol. The summed E-state index contributed by atoms with van der Waals surface area (Å²) in [6.07, 6.45) is 11.5. The summed E-state index contributed by atoms with van der Waals surface area (Å²) in [4.78, 5) is 8.35. The summed E-state index contributed by atoms with van der Waals surface area (Å²) in [6.45, 7) is 2.07. The van der Waals surface area contributed by atoms with Crippen molar-refractivity contribution in [2.24, 2.45) is 11.7 Å². The molecule has 0 radical (unpaired) electrons. The number of benzene rings is 1. The zero-order chi connectivity index (χ0) is 23.4. The van der Waals surface area contributed by atoms with E-state index in [9.17, 15) is 12.8 Å². The highest BCUT2D eigenvalue weighted by Gasteiger charge is 2.20. The third-order valence-electron chi connectivity index (χ3n) is 6.11. The predicted molar refractivity (Wildman–Crippen MR) is 122 cm³/mol. The van der Waals surface area contributed by atoms with Crippen LogP contribution in [0.4, 0.5) is 4.39 Å². The molecule has 2 aromatic heterocycles. The first-order chi connectivity index (χ1) is 15.9. The van der Waals surface area contributed by atoms with Crippen LogP contribution in [-0.2, 0) is 9.84 Å². The number of ether oxygens (including phenoxy) is 1. The maximum atomic E-state index is 14.7. The Kier molecular flexibility index (Phi) is 7.04. The standard InChI is InChI=1S/C23H28FN5O3S/c1-2-33(30,31)19-7-8-21(20(24)11-19)29-14-17(12-28-29)23-22(13-26-15-27-23)32-10-9-16-3-5-18(25)6-4-16/h7-8,11-16,18H,2-6,9-10,25H2,1H3/t16-,18+. The van der Waals surface area contributed by atoms with Crippen molar-refractivity contribution in [1.82, 2.24) is 19.7 Å². The quantitative estimate of drug-likeness (QED) is 0.532. The fourth-order valence-corrected chi connectivity index (χ4v) is 4.95. The zero-order valence-corrected chi connectivity index (χ0v) is 19.3. The third kappa shape index (κ3) is 5.39. The molecule has 8 nitrogen and oxygen atoms in total. The second-order valence-corrected chi connectivity index (χ2v) is 10.6. The van der Waals surface area contributed by atoms with Gasteiger partial charge in [-0.1, -0.05) is 6.92 Å². The van der Waals surface area contributed by atoms with E-state index in [-0.39, 0.29) is 16.3 Å². The largest absolute Gasteiger partial charge is 0.490 e. The molecule has 0 atom stereocenters. The van der Waals surface area contributed by atoms with Crippen LogP contribution in [0, 0.1) is 11.7 Å². The zero-order valence-electron chi connectivity index (χ0n) is 18.5. The Labute approximate surface area is 192 Å². The minimum atomic E-state index is -3.49. The SMILES string of the molecule is CCS(=O)(=O)c1ccc(-n2cc(-c3ncncc3OCC[C@H]3CC[C@@H](N)CC3)cn2)c(F)c1. The van der Waals surface area contributed by atoms with Crippen LogP contribution in [0.2, 0.25) is 0 Å². The number of rotatable bonds is 8. The first kappa shape index (κ1) is 23.3. The van der Waals surface area contributed by atoms with E-state index in [0.717, 1.165) is 38.2 Å². The molecule has 1 aliphatic rings. The monoisotopic (exact) mass is 473 g/mol. The molecule has 0 amide bonds. The summed E-state index contributed by atoms with van der Waals surface area (Å²) < 4.78 is 46.0. The minimum absolute atomic E-state index is 0.0509. The van der Waals surface area contributed by atoms with Crippen LogP contribution < -0.4 is 10.5 Å². The van der Waals surface area contributed by atoms with Crippen molar-refractivity contribution in [3.8, 4) is 22.7 Å². The molecule has 176 valence electrons. The molecule has 3 aromatic rings. The first-order valence-corrected chi connectivity index (χ1v) is 12.8. The van der Waals surface area contributed by atoms with Crippen LogP contribution in [0.25, 0.3) is 16.9 Å². The van der Waals surface area contributed by atoms with Crippen molar-refractivity contribution >= 4 is 9.84 Å². The van der Waals surface area contributed by atoms with Gasteiger partial charge in [0.15, 0.2) is 15.6 Å². The molecule has 1 saturated carbocycles. The highest BCUT2D eigenvalue weighted by Crippen LogP contribution is 2.30. The summed E-state index contributed by atoms with van der Waals surface area (Å²) in [5, 5.41) is 4.24. The second-order valence-electron chi connectivity index (χ2n) is 8.34. The highest BCUT2D eigenvalue weighted by atomic mass is 32.2. The minimum Gasteiger partial charge on any atom is -0.490 e. The molecule has 0 aliphatic heterocycles. The maximum Gasteiger partial charge on any atom is 0.178 e. The molecule has 1 aromatic carbocycles. The predicted octanol–water partition coefficient (Wildman–Crippen LogP) is 3.55. The van der Waals surface area contributed by atoms with Crippen molar-refractivity contribution in [2.45, 2.75) is 50.0 Å². The Morgan fingerprint density at radius 3 is 2.73 bits per heavy atom. The number of aromatic nitrogens is 4. The highest BCUT2D eigenvalue weighted by molar-refractivity contribution is 7.91. The van der Waals surface area contributed by atoms with Crippen molar-refractivity contribution in [1.29, 1.82) is 0 Å². The second kappa shape index (κ2) is 9.96. The van der Waals surface area contributed by atoms with E-state index in [0.29, 0.717) is 35.6 Å². The van der Waals surface area contributed by atoms with Gasteiger partial charge in [-0.05, 0) is 56.2 Å². The fraction of sp³-hybridized carbons (Fsp3) is 0.435. The van der Waals surface area contributed by atoms with Crippen LogP contribution in [-0.4, -0.2) is 46.6 Å². The van der Waals surface area contributed by atoms with E-state index in [4.69, 9.17) is 10.5 Å². The van der Waals surface area contributed by atoms with Crippen LogP contribution in [0.3, 0.4) is 0 Å². The Bertz CT molecular complexity index is 1210. The Hall–Kier alpha value is -2.85. The molecule has 10 heteroatoms. The van der Waals surface area contributed by atoms with Gasteiger partial charge in [0, 0.05) is 17.8 Å². The Morgan fingerprint density at radius 2 is 2.00 bits per heavy atom. The van der Waals surface area contributed by atoms with E-state index in [1.165, 1.54) is 30.1 Å². The van der Waals surface area contributed by atoms with Gasteiger partial charge in [-0.2, -0.15) is 5.10 Å². The van der Waals surface area contributed by atoms with Crippen molar-refractivity contribution in [3.63, 3.8) is 0 Å². The summed E-state index contributed by atoms with van der Waals surface area (Å²) in [7, 11) is -3.49. The number of sulfone groups is 1. The molecule has 2 heterocycles. The van der Waals surface area contributed by atoms with Gasteiger partial charge in [0.05, 0.1) is 29.6 Å². The van der Waals surface area contributed by atoms with Crippen molar-refractivity contribution in [2.75, 3.05) is 12.4 Å². The van der Waals surface area contributed by atoms with Gasteiger partial charge < -0.3 is 10.5 Å².